The summed E-state index contributed by atoms with van der Waals surface area (Å²) in [5, 5.41) is 37.0. The maximum atomic E-state index is 13.8. The van der Waals surface area contributed by atoms with Gasteiger partial charge in [0.05, 0.1) is 0 Å². The Morgan fingerprint density at radius 2 is 0.276 bits per heavy atom. The molecule has 0 unspecified atom stereocenters. The lowest BCUT2D eigenvalue weighted by Crippen LogP contribution is -2.49. The highest BCUT2D eigenvalue weighted by atomic mass is 16.2. The fourth-order valence-electron chi connectivity index (χ4n) is 9.30. The van der Waals surface area contributed by atoms with Gasteiger partial charge < -0.3 is 129 Å². The second kappa shape index (κ2) is 62.3. The highest BCUT2D eigenvalue weighted by Crippen LogP contribution is 2.08. The van der Waals surface area contributed by atoms with Gasteiger partial charge in [0.1, 0.15) is 0 Å². The molecule has 0 fully saturated rings. The number of nitrogens with one attached hydrogen (secondary N) is 12. The quantitative estimate of drug-likeness (QED) is 0.0251. The fraction of sp³-hybridized carbons (Fsp3) is 0.800. The van der Waals surface area contributed by atoms with Gasteiger partial charge in [0.15, 0.2) is 0 Å². The molecule has 0 radical (unpaired) electrons. The minimum Gasteiger partial charge on any atom is -0.355 e. The van der Waals surface area contributed by atoms with Gasteiger partial charge in [-0.1, -0.05) is 0 Å². The number of carbonyl (C=O) groups excluding carboxylic acids is 12. The van der Waals surface area contributed by atoms with Gasteiger partial charge in [-0.15, -0.1) is 0 Å². The summed E-state index contributed by atoms with van der Waals surface area (Å²) in [6, 6.07) is 0. The molecule has 0 aromatic heterocycles. The third-order valence-electron chi connectivity index (χ3n) is 14.8. The Bertz CT molecular complexity index is 1860. The van der Waals surface area contributed by atoms with Crippen LogP contribution in [0.15, 0.2) is 0 Å². The molecule has 0 rings (SSSR count). The Morgan fingerprint density at radius 1 is 0.163 bits per heavy atom. The Kier molecular flexibility index (Phi) is 57.9. The average molecular weight is 1400 g/mol. The first-order valence-electron chi connectivity index (χ1n) is 34.5. The second-order valence-electron chi connectivity index (χ2n) is 22.8. The molecule has 0 aromatic rings. The molecule has 0 bridgehead atoms. The van der Waals surface area contributed by atoms with Gasteiger partial charge in [0.2, 0.25) is 70.9 Å². The number of amides is 12. The zero-order valence-corrected chi connectivity index (χ0v) is 58.1. The molecule has 566 valence electrons. The van der Waals surface area contributed by atoms with E-state index in [9.17, 15) is 57.5 Å². The highest BCUT2D eigenvalue weighted by molar-refractivity contribution is 5.80. The molecular weight excluding hydrogens is 1280 g/mol. The SMILES string of the molecule is NCCNC(=O)CCN(CCNC(=O)CCN(CCC(=O)NCCN(CCC(=O)NCCN)CCC(=O)NCCN)N(CCC(=O)NCCN(CCC(=O)NCCN)CCC(=O)NCCN)CCC(=O)NCCN(CCC(=O)NCCN)CCC(=O)NCCN)CCC(=O)NCCN. The van der Waals surface area contributed by atoms with Crippen molar-refractivity contribution in [1.29, 1.82) is 0 Å². The maximum absolute atomic E-state index is 13.8. The van der Waals surface area contributed by atoms with E-state index in [1.807, 2.05) is 19.6 Å². The van der Waals surface area contributed by atoms with Crippen molar-refractivity contribution in [3.63, 3.8) is 0 Å². The molecule has 0 aliphatic rings. The van der Waals surface area contributed by atoms with Crippen molar-refractivity contribution in [3.8, 4) is 0 Å². The zero-order valence-electron chi connectivity index (χ0n) is 58.1. The summed E-state index contributed by atoms with van der Waals surface area (Å²) in [5.74, 6) is -3.37. The number of hydrogen-bond acceptors (Lipinski definition) is 26. The standard InChI is InChI=1S/C60H124N26O12/c61-13-21-69-49(87)1-33-81(34-2-50(88)70-22-14-62)45-29-77-57(95)9-41-85(42-10-58(96)78-30-46-82(35-3-51(89)71-23-15-63)36-4-52(90)72-24-16-64)86(43-11-59(97)79-31-47-83(37-5-53(91)73-25-17-65)38-6-54(92)74-26-18-66)44-12-60(98)80-32-48-84(39-7-55(93)75-27-19-67)40-8-56(94)76-28-20-68/h1-48,61-68H2,(H,69,87)(H,70,88)(H,71,89)(H,72,90)(H,73,91)(H,74,92)(H,75,93)(H,76,94)(H,77,95)(H,78,96)(H,79,97)(H,80,98). The largest absolute Gasteiger partial charge is 0.355 e. The van der Waals surface area contributed by atoms with Crippen molar-refractivity contribution < 1.29 is 57.5 Å². The van der Waals surface area contributed by atoms with Gasteiger partial charge in [-0.3, -0.25) is 57.5 Å². The van der Waals surface area contributed by atoms with Gasteiger partial charge in [0, 0.05) is 313 Å². The van der Waals surface area contributed by atoms with Gasteiger partial charge in [0.25, 0.3) is 0 Å². The number of nitrogens with two attached hydrogens (primary N) is 8. The molecule has 12 amide bonds. The monoisotopic (exact) mass is 1400 g/mol. The van der Waals surface area contributed by atoms with Crippen molar-refractivity contribution in [2.24, 2.45) is 45.9 Å². The Hall–Kier alpha value is -6.92. The minimum atomic E-state index is -0.388. The van der Waals surface area contributed by atoms with Crippen LogP contribution in [0.4, 0.5) is 0 Å². The summed E-state index contributed by atoms with van der Waals surface area (Å²) in [6.07, 6.45) is 0.415. The Balaban J connectivity index is 7.05. The predicted molar refractivity (Wildman–Crippen MR) is 373 cm³/mol. The van der Waals surface area contributed by atoms with E-state index in [4.69, 9.17) is 45.9 Å². The van der Waals surface area contributed by atoms with Gasteiger partial charge in [-0.25, -0.2) is 10.0 Å². The van der Waals surface area contributed by atoms with Crippen LogP contribution in [0.1, 0.15) is 77.0 Å². The molecule has 0 spiro atoms. The Labute approximate surface area is 578 Å². The lowest BCUT2D eigenvalue weighted by atomic mass is 10.2. The molecule has 0 aliphatic heterocycles. The number of carbonyl (C=O) groups is 12. The molecule has 0 heterocycles. The number of hydrogen-bond donors (Lipinski definition) is 20. The van der Waals surface area contributed by atoms with Crippen molar-refractivity contribution in [2.75, 3.05) is 236 Å². The first-order valence-corrected chi connectivity index (χ1v) is 34.5. The summed E-state index contributed by atoms with van der Waals surface area (Å²) in [7, 11) is 0. The van der Waals surface area contributed by atoms with E-state index >= 15 is 0 Å². The summed E-state index contributed by atoms with van der Waals surface area (Å²) in [6.45, 7) is 8.32. The van der Waals surface area contributed by atoms with Crippen LogP contribution in [-0.4, -0.2) is 336 Å². The van der Waals surface area contributed by atoms with Crippen LogP contribution in [0, 0.1) is 0 Å². The fourth-order valence-corrected chi connectivity index (χ4v) is 9.30. The van der Waals surface area contributed by atoms with Crippen molar-refractivity contribution in [1.82, 2.24) is 93.4 Å². The van der Waals surface area contributed by atoms with E-state index in [1.54, 1.807) is 10.0 Å². The zero-order chi connectivity index (χ0) is 72.8. The topological polar surface area (TPSA) is 577 Å². The summed E-state index contributed by atoms with van der Waals surface area (Å²) in [4.78, 5) is 163. The first kappa shape index (κ1) is 91.1. The lowest BCUT2D eigenvalue weighted by molar-refractivity contribution is -0.129. The summed E-state index contributed by atoms with van der Waals surface area (Å²) >= 11 is 0. The third-order valence-corrected chi connectivity index (χ3v) is 14.8. The first-order chi connectivity index (χ1) is 47.2. The van der Waals surface area contributed by atoms with Crippen LogP contribution in [-0.2, 0) is 57.5 Å². The molecule has 28 N–H and O–H groups in total. The molecule has 0 aliphatic carbocycles. The molecule has 0 atom stereocenters. The number of hydrazine groups is 1. The molecule has 0 saturated carbocycles. The van der Waals surface area contributed by atoms with E-state index in [1.165, 1.54) is 0 Å². The lowest BCUT2D eigenvalue weighted by Gasteiger charge is -2.35. The van der Waals surface area contributed by atoms with Crippen LogP contribution < -0.4 is 110 Å². The average Bonchev–Trinajstić information content (AvgIpc) is 0.952. The van der Waals surface area contributed by atoms with Crippen LogP contribution in [0.25, 0.3) is 0 Å². The Morgan fingerprint density at radius 3 is 0.398 bits per heavy atom. The van der Waals surface area contributed by atoms with Crippen molar-refractivity contribution in [2.45, 2.75) is 77.0 Å². The molecular formula is C60H124N26O12. The van der Waals surface area contributed by atoms with Crippen LogP contribution in [0.2, 0.25) is 0 Å². The number of nitrogens with zero attached hydrogens (tertiary/aromatic N) is 6. The molecule has 0 saturated heterocycles. The number of rotatable bonds is 65. The molecule has 0 aromatic carbocycles. The summed E-state index contributed by atoms with van der Waals surface area (Å²) in [5.41, 5.74) is 44.5. The second-order valence-corrected chi connectivity index (χ2v) is 22.8. The van der Waals surface area contributed by atoms with E-state index in [2.05, 4.69) is 63.8 Å². The van der Waals surface area contributed by atoms with E-state index in [-0.39, 0.29) is 331 Å². The maximum Gasteiger partial charge on any atom is 0.221 e. The van der Waals surface area contributed by atoms with Crippen LogP contribution >= 0.6 is 0 Å². The van der Waals surface area contributed by atoms with Crippen molar-refractivity contribution in [3.05, 3.63) is 0 Å². The van der Waals surface area contributed by atoms with Gasteiger partial charge in [-0.2, -0.15) is 0 Å². The predicted octanol–water partition coefficient (Wildman–Crippen LogP) is -11.5. The normalized spacial score (nSPS) is 11.2. The van der Waals surface area contributed by atoms with Crippen LogP contribution in [0.3, 0.4) is 0 Å². The molecule has 98 heavy (non-hydrogen) atoms. The molecule has 38 nitrogen and oxygen atoms in total. The van der Waals surface area contributed by atoms with Crippen molar-refractivity contribution >= 4 is 70.9 Å². The third kappa shape index (κ3) is 54.0. The smallest absolute Gasteiger partial charge is 0.221 e. The summed E-state index contributed by atoms with van der Waals surface area (Å²) < 4.78 is 0. The van der Waals surface area contributed by atoms with Gasteiger partial charge in [-0.05, 0) is 0 Å². The van der Waals surface area contributed by atoms with Crippen LogP contribution in [0.5, 0.6) is 0 Å². The minimum absolute atomic E-state index is 0.000261. The van der Waals surface area contributed by atoms with E-state index in [0.717, 1.165) is 0 Å². The highest BCUT2D eigenvalue weighted by Gasteiger charge is 2.23. The van der Waals surface area contributed by atoms with Gasteiger partial charge >= 0.3 is 0 Å². The van der Waals surface area contributed by atoms with E-state index in [0.29, 0.717) is 52.4 Å². The molecule has 38 heteroatoms. The van der Waals surface area contributed by atoms with E-state index < -0.39 is 0 Å².